The van der Waals surface area contributed by atoms with Crippen molar-refractivity contribution in [3.05, 3.63) is 96.6 Å². The normalized spacial score (nSPS) is 18.7. The van der Waals surface area contributed by atoms with Gasteiger partial charge in [-0.15, -0.1) is 0 Å². The molecule has 3 aromatic rings. The highest BCUT2D eigenvalue weighted by molar-refractivity contribution is 6.04. The molecule has 134 valence electrons. The summed E-state index contributed by atoms with van der Waals surface area (Å²) in [5, 5.41) is 0. The van der Waals surface area contributed by atoms with E-state index in [9.17, 15) is 9.59 Å². The lowest BCUT2D eigenvalue weighted by Crippen LogP contribution is -2.34. The van der Waals surface area contributed by atoms with Crippen molar-refractivity contribution in [2.24, 2.45) is 5.92 Å². The maximum atomic E-state index is 13.6. The summed E-state index contributed by atoms with van der Waals surface area (Å²) in [7, 11) is 0. The van der Waals surface area contributed by atoms with Gasteiger partial charge in [-0.2, -0.15) is 0 Å². The van der Waals surface area contributed by atoms with Crippen LogP contribution in [0.25, 0.3) is 0 Å². The Morgan fingerprint density at radius 3 is 1.78 bits per heavy atom. The van der Waals surface area contributed by atoms with E-state index in [1.165, 1.54) is 0 Å². The van der Waals surface area contributed by atoms with Gasteiger partial charge in [-0.3, -0.25) is 14.5 Å². The second-order valence-electron chi connectivity index (χ2n) is 6.48. The summed E-state index contributed by atoms with van der Waals surface area (Å²) in [6.07, 6.45) is -0.490. The molecule has 3 aromatic carbocycles. The van der Waals surface area contributed by atoms with Crippen LogP contribution in [0.3, 0.4) is 0 Å². The van der Waals surface area contributed by atoms with E-state index in [0.717, 1.165) is 16.9 Å². The van der Waals surface area contributed by atoms with Crippen LogP contribution in [0.1, 0.15) is 18.1 Å². The quantitative estimate of drug-likeness (QED) is 0.638. The van der Waals surface area contributed by atoms with Gasteiger partial charge in [-0.05, 0) is 29.8 Å². The number of benzene rings is 3. The van der Waals surface area contributed by atoms with E-state index >= 15 is 0 Å². The molecule has 0 bridgehead atoms. The van der Waals surface area contributed by atoms with Gasteiger partial charge in [0.2, 0.25) is 5.91 Å². The molecule has 1 heterocycles. The first kappa shape index (κ1) is 17.0. The molecule has 1 saturated heterocycles. The smallest absolute Gasteiger partial charge is 0.307 e. The van der Waals surface area contributed by atoms with Gasteiger partial charge in [-0.1, -0.05) is 66.7 Å². The van der Waals surface area contributed by atoms with Crippen LogP contribution in [0.4, 0.5) is 11.4 Å². The van der Waals surface area contributed by atoms with E-state index < -0.39 is 12.0 Å². The topological polar surface area (TPSA) is 46.6 Å². The highest BCUT2D eigenvalue weighted by atomic mass is 16.6. The number of carbonyl (C=O) groups excluding carboxylic acids is 2. The summed E-state index contributed by atoms with van der Waals surface area (Å²) >= 11 is 0. The Kier molecular flexibility index (Phi) is 4.71. The maximum absolute atomic E-state index is 13.6. The molecule has 27 heavy (non-hydrogen) atoms. The molecule has 2 atom stereocenters. The summed E-state index contributed by atoms with van der Waals surface area (Å²) in [6.45, 7) is 0. The number of hydrogen-bond acceptors (Lipinski definition) is 3. The molecule has 1 aliphatic heterocycles. The number of cyclic esters (lactones) is 1. The predicted octanol–water partition coefficient (Wildman–Crippen LogP) is 4.66. The van der Waals surface area contributed by atoms with E-state index in [2.05, 4.69) is 0 Å². The number of nitrogens with zero attached hydrogens (tertiary/aromatic N) is 1. The monoisotopic (exact) mass is 357 g/mol. The highest BCUT2D eigenvalue weighted by Gasteiger charge is 2.43. The summed E-state index contributed by atoms with van der Waals surface area (Å²) < 4.78 is 5.52. The molecule has 0 unspecified atom stereocenters. The third-order valence-electron chi connectivity index (χ3n) is 4.70. The van der Waals surface area contributed by atoms with Crippen molar-refractivity contribution in [1.82, 2.24) is 0 Å². The number of amides is 1. The first-order chi connectivity index (χ1) is 13.2. The molecule has 0 radical (unpaired) electrons. The Balaban J connectivity index is 1.74. The first-order valence-corrected chi connectivity index (χ1v) is 8.92. The van der Waals surface area contributed by atoms with Crippen LogP contribution in [0, 0.1) is 5.92 Å². The summed E-state index contributed by atoms with van der Waals surface area (Å²) in [5.74, 6) is -1.06. The fourth-order valence-electron chi connectivity index (χ4n) is 3.44. The van der Waals surface area contributed by atoms with Crippen LogP contribution in [-0.2, 0) is 14.3 Å². The average molecular weight is 357 g/mol. The van der Waals surface area contributed by atoms with Crippen molar-refractivity contribution in [3.8, 4) is 0 Å². The van der Waals surface area contributed by atoms with E-state index in [1.54, 1.807) is 4.90 Å². The van der Waals surface area contributed by atoms with Gasteiger partial charge in [0.05, 0.1) is 12.3 Å². The Bertz CT molecular complexity index is 886. The van der Waals surface area contributed by atoms with Crippen molar-refractivity contribution < 1.29 is 14.3 Å². The molecule has 0 aliphatic carbocycles. The fourth-order valence-corrected chi connectivity index (χ4v) is 3.44. The zero-order chi connectivity index (χ0) is 18.6. The largest absolute Gasteiger partial charge is 0.457 e. The minimum Gasteiger partial charge on any atom is -0.457 e. The van der Waals surface area contributed by atoms with Crippen LogP contribution < -0.4 is 4.90 Å². The second kappa shape index (κ2) is 7.46. The molecular weight excluding hydrogens is 338 g/mol. The third kappa shape index (κ3) is 3.47. The van der Waals surface area contributed by atoms with E-state index in [4.69, 9.17) is 4.74 Å². The molecule has 1 amide bonds. The average Bonchev–Trinajstić information content (AvgIpc) is 3.12. The highest BCUT2D eigenvalue weighted by Crippen LogP contribution is 2.39. The fraction of sp³-hybridized carbons (Fsp3) is 0.130. The number of ether oxygens (including phenoxy) is 1. The van der Waals surface area contributed by atoms with E-state index in [-0.39, 0.29) is 18.3 Å². The van der Waals surface area contributed by atoms with Gasteiger partial charge >= 0.3 is 5.97 Å². The van der Waals surface area contributed by atoms with Crippen molar-refractivity contribution in [3.63, 3.8) is 0 Å². The lowest BCUT2D eigenvalue weighted by atomic mass is 9.93. The second-order valence-corrected chi connectivity index (χ2v) is 6.48. The lowest BCUT2D eigenvalue weighted by Gasteiger charge is -2.27. The molecule has 0 aromatic heterocycles. The van der Waals surface area contributed by atoms with Crippen LogP contribution in [0.5, 0.6) is 0 Å². The Labute approximate surface area is 158 Å². The number of esters is 1. The van der Waals surface area contributed by atoms with Gasteiger partial charge in [0.25, 0.3) is 0 Å². The Morgan fingerprint density at radius 2 is 1.26 bits per heavy atom. The Hall–Kier alpha value is -3.40. The van der Waals surface area contributed by atoms with Gasteiger partial charge in [-0.25, -0.2) is 0 Å². The standard InChI is InChI=1S/C23H19NO3/c25-21-16-20(22(27-21)17-10-4-1-5-11-17)23(26)24(18-12-6-2-7-13-18)19-14-8-3-9-15-19/h1-15,20,22H,16H2/t20-,22+/m0/s1. The van der Waals surface area contributed by atoms with Crippen molar-refractivity contribution >= 4 is 23.3 Å². The predicted molar refractivity (Wildman–Crippen MR) is 103 cm³/mol. The zero-order valence-electron chi connectivity index (χ0n) is 14.7. The number of carbonyl (C=O) groups is 2. The van der Waals surface area contributed by atoms with Crippen molar-refractivity contribution in [2.45, 2.75) is 12.5 Å². The van der Waals surface area contributed by atoms with Crippen LogP contribution >= 0.6 is 0 Å². The summed E-state index contributed by atoms with van der Waals surface area (Å²) in [4.78, 5) is 27.3. The zero-order valence-corrected chi connectivity index (χ0v) is 14.7. The van der Waals surface area contributed by atoms with Gasteiger partial charge in [0.15, 0.2) is 0 Å². The minimum absolute atomic E-state index is 0.0779. The molecular formula is C23H19NO3. The number of rotatable bonds is 4. The summed E-state index contributed by atoms with van der Waals surface area (Å²) in [6, 6.07) is 28.4. The van der Waals surface area contributed by atoms with Gasteiger partial charge in [0.1, 0.15) is 6.10 Å². The van der Waals surface area contributed by atoms with Crippen LogP contribution in [0.15, 0.2) is 91.0 Å². The summed E-state index contributed by atoms with van der Waals surface area (Å²) in [5.41, 5.74) is 2.36. The van der Waals surface area contributed by atoms with Crippen LogP contribution in [-0.4, -0.2) is 11.9 Å². The molecule has 0 saturated carbocycles. The van der Waals surface area contributed by atoms with Gasteiger partial charge < -0.3 is 4.74 Å². The SMILES string of the molecule is O=C1C[C@H](C(=O)N(c2ccccc2)c2ccccc2)[C@@H](c2ccccc2)O1. The van der Waals surface area contributed by atoms with Crippen molar-refractivity contribution in [1.29, 1.82) is 0 Å². The number of hydrogen-bond donors (Lipinski definition) is 0. The first-order valence-electron chi connectivity index (χ1n) is 8.92. The number of anilines is 2. The van der Waals surface area contributed by atoms with Gasteiger partial charge in [0, 0.05) is 11.4 Å². The van der Waals surface area contributed by atoms with E-state index in [1.807, 2.05) is 91.0 Å². The third-order valence-corrected chi connectivity index (χ3v) is 4.70. The minimum atomic E-state index is -0.569. The molecule has 0 N–H and O–H groups in total. The molecule has 4 nitrogen and oxygen atoms in total. The maximum Gasteiger partial charge on any atom is 0.307 e. The molecule has 1 aliphatic rings. The molecule has 0 spiro atoms. The number of para-hydroxylation sites is 2. The van der Waals surface area contributed by atoms with E-state index in [0.29, 0.717) is 0 Å². The van der Waals surface area contributed by atoms with Crippen LogP contribution in [0.2, 0.25) is 0 Å². The molecule has 4 rings (SSSR count). The van der Waals surface area contributed by atoms with Crippen molar-refractivity contribution in [2.75, 3.05) is 4.90 Å². The molecule has 1 fully saturated rings. The Morgan fingerprint density at radius 1 is 0.778 bits per heavy atom. The molecule has 4 heteroatoms. The lowest BCUT2D eigenvalue weighted by molar-refractivity contribution is -0.141.